The third kappa shape index (κ3) is 2.87. The number of benzene rings is 1. The molecule has 0 amide bonds. The molecule has 1 heterocycles. The lowest BCUT2D eigenvalue weighted by Gasteiger charge is -2.06. The lowest BCUT2D eigenvalue weighted by molar-refractivity contribution is 0.266. The molecular weight excluding hydrogens is 275 g/mol. The molecule has 0 N–H and O–H groups in total. The SMILES string of the molecule is O=S(=O)(OCC1CO1)c1ccc(Cl)cc1Cl. The molecule has 0 bridgehead atoms. The fraction of sp³-hybridized carbons (Fsp3) is 0.333. The average Bonchev–Trinajstić information content (AvgIpc) is 2.97. The zero-order valence-electron chi connectivity index (χ0n) is 8.02. The van der Waals surface area contributed by atoms with Crippen molar-refractivity contribution in [3.8, 4) is 0 Å². The molecule has 1 unspecified atom stereocenters. The van der Waals surface area contributed by atoms with E-state index in [1.165, 1.54) is 18.2 Å². The Morgan fingerprint density at radius 3 is 2.69 bits per heavy atom. The van der Waals surface area contributed by atoms with Crippen LogP contribution in [0.3, 0.4) is 0 Å². The number of epoxide rings is 1. The van der Waals surface area contributed by atoms with Crippen LogP contribution in [0.1, 0.15) is 0 Å². The van der Waals surface area contributed by atoms with Gasteiger partial charge in [0.1, 0.15) is 11.0 Å². The van der Waals surface area contributed by atoms with Gasteiger partial charge in [-0.05, 0) is 18.2 Å². The van der Waals surface area contributed by atoms with Crippen molar-refractivity contribution in [3.63, 3.8) is 0 Å². The van der Waals surface area contributed by atoms with Crippen molar-refractivity contribution in [1.29, 1.82) is 0 Å². The molecule has 0 spiro atoms. The monoisotopic (exact) mass is 282 g/mol. The minimum atomic E-state index is -3.83. The number of hydrogen-bond acceptors (Lipinski definition) is 4. The van der Waals surface area contributed by atoms with Gasteiger partial charge in [0.15, 0.2) is 0 Å². The van der Waals surface area contributed by atoms with E-state index in [2.05, 4.69) is 0 Å². The Kier molecular flexibility index (Phi) is 3.42. The summed E-state index contributed by atoms with van der Waals surface area (Å²) in [5.74, 6) is 0. The Bertz CT molecular complexity index is 496. The van der Waals surface area contributed by atoms with E-state index in [4.69, 9.17) is 32.1 Å². The fourth-order valence-corrected chi connectivity index (χ4v) is 2.75. The van der Waals surface area contributed by atoms with Crippen LogP contribution in [0, 0.1) is 0 Å². The zero-order chi connectivity index (χ0) is 11.8. The first-order chi connectivity index (χ1) is 7.49. The van der Waals surface area contributed by atoms with Gasteiger partial charge in [-0.25, -0.2) is 0 Å². The summed E-state index contributed by atoms with van der Waals surface area (Å²) in [6, 6.07) is 4.11. The number of ether oxygens (including phenoxy) is 1. The van der Waals surface area contributed by atoms with E-state index in [0.29, 0.717) is 11.6 Å². The predicted molar refractivity (Wildman–Crippen MR) is 59.3 cm³/mol. The van der Waals surface area contributed by atoms with Gasteiger partial charge in [0, 0.05) is 5.02 Å². The molecule has 2 rings (SSSR count). The highest BCUT2D eigenvalue weighted by atomic mass is 35.5. The van der Waals surface area contributed by atoms with E-state index >= 15 is 0 Å². The molecule has 1 aliphatic heterocycles. The molecule has 16 heavy (non-hydrogen) atoms. The summed E-state index contributed by atoms with van der Waals surface area (Å²) < 4.78 is 33.0. The van der Waals surface area contributed by atoms with Crippen molar-refractivity contribution in [1.82, 2.24) is 0 Å². The van der Waals surface area contributed by atoms with Gasteiger partial charge in [-0.3, -0.25) is 4.18 Å². The van der Waals surface area contributed by atoms with Crippen molar-refractivity contribution < 1.29 is 17.3 Å². The number of rotatable bonds is 4. The molecule has 88 valence electrons. The van der Waals surface area contributed by atoms with E-state index in [1.54, 1.807) is 0 Å². The highest BCUT2D eigenvalue weighted by molar-refractivity contribution is 7.86. The van der Waals surface area contributed by atoms with Gasteiger partial charge in [-0.2, -0.15) is 8.42 Å². The summed E-state index contributed by atoms with van der Waals surface area (Å²) >= 11 is 11.4. The second kappa shape index (κ2) is 4.50. The summed E-state index contributed by atoms with van der Waals surface area (Å²) in [7, 11) is -3.83. The largest absolute Gasteiger partial charge is 0.371 e. The Hall–Kier alpha value is -0.330. The van der Waals surface area contributed by atoms with Crippen LogP contribution in [0.2, 0.25) is 10.0 Å². The van der Waals surface area contributed by atoms with E-state index in [9.17, 15) is 8.42 Å². The lowest BCUT2D eigenvalue weighted by Crippen LogP contribution is -2.11. The molecule has 1 saturated heterocycles. The topological polar surface area (TPSA) is 55.9 Å². The Morgan fingerprint density at radius 1 is 1.44 bits per heavy atom. The zero-order valence-corrected chi connectivity index (χ0v) is 10.3. The molecule has 1 aliphatic rings. The van der Waals surface area contributed by atoms with Gasteiger partial charge in [0.2, 0.25) is 0 Å². The van der Waals surface area contributed by atoms with Gasteiger partial charge in [0.05, 0.1) is 18.2 Å². The molecule has 4 nitrogen and oxygen atoms in total. The normalized spacial score (nSPS) is 19.8. The van der Waals surface area contributed by atoms with E-state index in [1.807, 2.05) is 0 Å². The van der Waals surface area contributed by atoms with Gasteiger partial charge >= 0.3 is 0 Å². The second-order valence-corrected chi connectivity index (χ2v) is 5.70. The van der Waals surface area contributed by atoms with E-state index < -0.39 is 10.1 Å². The average molecular weight is 283 g/mol. The maximum absolute atomic E-state index is 11.7. The van der Waals surface area contributed by atoms with Crippen LogP contribution in [-0.2, 0) is 19.0 Å². The third-order valence-electron chi connectivity index (χ3n) is 1.97. The van der Waals surface area contributed by atoms with Crippen LogP contribution in [0.15, 0.2) is 23.1 Å². The third-order valence-corrected chi connectivity index (χ3v) is 3.98. The minimum absolute atomic E-state index is 0.0152. The van der Waals surface area contributed by atoms with Crippen LogP contribution in [0.25, 0.3) is 0 Å². The maximum atomic E-state index is 11.7. The minimum Gasteiger partial charge on any atom is -0.371 e. The van der Waals surface area contributed by atoms with Crippen LogP contribution in [0.4, 0.5) is 0 Å². The molecular formula is C9H8Cl2O4S. The molecule has 0 aromatic heterocycles. The van der Waals surface area contributed by atoms with Crippen LogP contribution < -0.4 is 0 Å². The molecule has 0 aliphatic carbocycles. The summed E-state index contributed by atoms with van der Waals surface area (Å²) in [4.78, 5) is -0.0841. The summed E-state index contributed by atoms with van der Waals surface area (Å²) in [5, 5.41) is 0.415. The fourth-order valence-electron chi connectivity index (χ4n) is 1.07. The van der Waals surface area contributed by atoms with Gasteiger partial charge in [0.25, 0.3) is 10.1 Å². The second-order valence-electron chi connectivity index (χ2n) is 3.27. The molecule has 0 radical (unpaired) electrons. The van der Waals surface area contributed by atoms with Gasteiger partial charge < -0.3 is 4.74 Å². The van der Waals surface area contributed by atoms with Crippen molar-refractivity contribution in [2.24, 2.45) is 0 Å². The van der Waals surface area contributed by atoms with E-state index in [0.717, 1.165) is 0 Å². The smallest absolute Gasteiger partial charge is 0.298 e. The Balaban J connectivity index is 2.20. The maximum Gasteiger partial charge on any atom is 0.298 e. The Labute approximate surface area is 103 Å². The summed E-state index contributed by atoms with van der Waals surface area (Å²) in [5.41, 5.74) is 0. The van der Waals surface area contributed by atoms with E-state index in [-0.39, 0.29) is 22.6 Å². The molecule has 1 fully saturated rings. The quantitative estimate of drug-likeness (QED) is 0.627. The summed E-state index contributed by atoms with van der Waals surface area (Å²) in [6.45, 7) is 0.547. The van der Waals surface area contributed by atoms with Crippen molar-refractivity contribution in [3.05, 3.63) is 28.2 Å². The molecule has 7 heteroatoms. The number of hydrogen-bond donors (Lipinski definition) is 0. The molecule has 1 aromatic carbocycles. The van der Waals surface area contributed by atoms with Gasteiger partial charge in [-0.15, -0.1) is 0 Å². The molecule has 0 saturated carbocycles. The Morgan fingerprint density at radius 2 is 2.12 bits per heavy atom. The van der Waals surface area contributed by atoms with Crippen molar-refractivity contribution in [2.75, 3.05) is 13.2 Å². The van der Waals surface area contributed by atoms with Crippen LogP contribution in [-0.4, -0.2) is 27.7 Å². The highest BCUT2D eigenvalue weighted by Crippen LogP contribution is 2.26. The standard InChI is InChI=1S/C9H8Cl2O4S/c10-6-1-2-9(8(11)3-6)16(12,13)15-5-7-4-14-7/h1-3,7H,4-5H2. The van der Waals surface area contributed by atoms with Gasteiger partial charge in [-0.1, -0.05) is 23.2 Å². The predicted octanol–water partition coefficient (Wildman–Crippen LogP) is 2.10. The summed E-state index contributed by atoms with van der Waals surface area (Å²) in [6.07, 6.45) is -0.124. The highest BCUT2D eigenvalue weighted by Gasteiger charge is 2.27. The molecule has 1 atom stereocenters. The van der Waals surface area contributed by atoms with Crippen molar-refractivity contribution in [2.45, 2.75) is 11.0 Å². The van der Waals surface area contributed by atoms with Crippen molar-refractivity contribution >= 4 is 33.3 Å². The molecule has 1 aromatic rings. The number of halogens is 2. The van der Waals surface area contributed by atoms with Crippen LogP contribution >= 0.6 is 23.2 Å². The first-order valence-corrected chi connectivity index (χ1v) is 6.61. The lowest BCUT2D eigenvalue weighted by atomic mass is 10.4. The van der Waals surface area contributed by atoms with Crippen LogP contribution in [0.5, 0.6) is 0 Å². The first kappa shape index (κ1) is 12.1. The first-order valence-electron chi connectivity index (χ1n) is 4.45.